The van der Waals surface area contributed by atoms with E-state index in [1.165, 1.54) is 6.92 Å². The average molecular weight is 376 g/mol. The van der Waals surface area contributed by atoms with Crippen LogP contribution in [0.2, 0.25) is 0 Å². The number of hydrogen-bond acceptors (Lipinski definition) is 5. The quantitative estimate of drug-likeness (QED) is 0.733. The van der Waals surface area contributed by atoms with Gasteiger partial charge in [0.1, 0.15) is 5.75 Å². The lowest BCUT2D eigenvalue weighted by Crippen LogP contribution is -2.42. The first-order valence-electron chi connectivity index (χ1n) is 9.26. The summed E-state index contributed by atoms with van der Waals surface area (Å²) >= 11 is 0. The number of rotatable bonds is 7. The van der Waals surface area contributed by atoms with Crippen molar-refractivity contribution in [3.05, 3.63) is 29.8 Å². The van der Waals surface area contributed by atoms with Gasteiger partial charge in [0.05, 0.1) is 6.54 Å². The van der Waals surface area contributed by atoms with Crippen LogP contribution in [0.5, 0.6) is 5.75 Å². The van der Waals surface area contributed by atoms with Gasteiger partial charge in [0.2, 0.25) is 0 Å². The molecule has 7 heteroatoms. The van der Waals surface area contributed by atoms with Crippen molar-refractivity contribution in [2.75, 3.05) is 26.7 Å². The first kappa shape index (κ1) is 20.9. The maximum Gasteiger partial charge on any atom is 0.317 e. The molecule has 7 nitrogen and oxygen atoms in total. The third kappa shape index (κ3) is 6.06. The van der Waals surface area contributed by atoms with Crippen LogP contribution >= 0.6 is 0 Å². The van der Waals surface area contributed by atoms with Gasteiger partial charge in [0.15, 0.2) is 11.9 Å². The van der Waals surface area contributed by atoms with Gasteiger partial charge in [0, 0.05) is 24.7 Å². The van der Waals surface area contributed by atoms with Gasteiger partial charge in [-0.3, -0.25) is 19.3 Å². The van der Waals surface area contributed by atoms with Gasteiger partial charge in [0.25, 0.3) is 5.91 Å². The van der Waals surface area contributed by atoms with Crippen molar-refractivity contribution in [2.45, 2.75) is 45.3 Å². The number of hydrogen-bond donors (Lipinski definition) is 1. The Bertz CT molecular complexity index is 691. The number of aliphatic carboxylic acids is 1. The topological polar surface area (TPSA) is 87.2 Å². The molecule has 1 heterocycles. The van der Waals surface area contributed by atoms with Crippen LogP contribution in [0, 0.1) is 0 Å². The molecule has 0 radical (unpaired) electrons. The largest absolute Gasteiger partial charge is 0.481 e. The van der Waals surface area contributed by atoms with E-state index in [-0.39, 0.29) is 24.3 Å². The number of amides is 1. The standard InChI is InChI=1S/C20H28N2O5/c1-14(23)16-6-4-8-18(12-16)27-15(2)20(26)22-10-5-7-17(9-11-22)21(3)13-19(24)25/h4,6,8,12,15,17H,5,7,9-11,13H2,1-3H3,(H,24,25). The maximum atomic E-state index is 12.8. The van der Waals surface area contributed by atoms with Crippen molar-refractivity contribution < 1.29 is 24.2 Å². The first-order valence-corrected chi connectivity index (χ1v) is 9.26. The zero-order valence-corrected chi connectivity index (χ0v) is 16.2. The molecule has 1 aliphatic heterocycles. The molecule has 1 N–H and O–H groups in total. The second kappa shape index (κ2) is 9.50. The molecule has 1 aromatic carbocycles. The number of Topliss-reactive ketones (excluding diaryl/α,β-unsaturated/α-hetero) is 1. The summed E-state index contributed by atoms with van der Waals surface area (Å²) in [7, 11) is 1.81. The lowest BCUT2D eigenvalue weighted by molar-refractivity contribution is -0.139. The minimum atomic E-state index is -0.843. The molecular formula is C20H28N2O5. The zero-order chi connectivity index (χ0) is 20.0. The molecule has 1 fully saturated rings. The molecule has 0 saturated carbocycles. The van der Waals surface area contributed by atoms with E-state index in [1.807, 2.05) is 11.9 Å². The van der Waals surface area contributed by atoms with Crippen molar-refractivity contribution >= 4 is 17.7 Å². The van der Waals surface area contributed by atoms with Crippen LogP contribution in [0.1, 0.15) is 43.5 Å². The van der Waals surface area contributed by atoms with Gasteiger partial charge >= 0.3 is 5.97 Å². The number of carbonyl (C=O) groups excluding carboxylic acids is 2. The van der Waals surface area contributed by atoms with Crippen LogP contribution < -0.4 is 4.74 Å². The minimum Gasteiger partial charge on any atom is -0.481 e. The molecule has 0 aliphatic carbocycles. The molecule has 2 atom stereocenters. The van der Waals surface area contributed by atoms with Crippen LogP contribution in [0.3, 0.4) is 0 Å². The highest BCUT2D eigenvalue weighted by molar-refractivity contribution is 5.94. The summed E-state index contributed by atoms with van der Waals surface area (Å²) in [5.74, 6) is -0.491. The number of nitrogens with zero attached hydrogens (tertiary/aromatic N) is 2. The number of carboxylic acid groups (broad SMARTS) is 1. The number of carboxylic acids is 1. The smallest absolute Gasteiger partial charge is 0.317 e. The fraction of sp³-hybridized carbons (Fsp3) is 0.550. The van der Waals surface area contributed by atoms with Crippen LogP contribution in [0.15, 0.2) is 24.3 Å². The highest BCUT2D eigenvalue weighted by Gasteiger charge is 2.27. The molecule has 1 amide bonds. The molecule has 0 aromatic heterocycles. The number of ether oxygens (including phenoxy) is 1. The monoisotopic (exact) mass is 376 g/mol. The van der Waals surface area contributed by atoms with Gasteiger partial charge in [-0.05, 0) is 52.3 Å². The second-order valence-electron chi connectivity index (χ2n) is 7.06. The third-order valence-corrected chi connectivity index (χ3v) is 4.92. The van der Waals surface area contributed by atoms with E-state index < -0.39 is 12.1 Å². The Morgan fingerprint density at radius 1 is 1.30 bits per heavy atom. The van der Waals surface area contributed by atoms with Gasteiger partial charge in [-0.25, -0.2) is 0 Å². The molecular weight excluding hydrogens is 348 g/mol. The molecule has 1 aromatic rings. The van der Waals surface area contributed by atoms with E-state index in [1.54, 1.807) is 36.1 Å². The van der Waals surface area contributed by atoms with Crippen LogP contribution in [0.25, 0.3) is 0 Å². The molecule has 1 saturated heterocycles. The average Bonchev–Trinajstić information content (AvgIpc) is 2.87. The molecule has 148 valence electrons. The van der Waals surface area contributed by atoms with Gasteiger partial charge in [-0.15, -0.1) is 0 Å². The molecule has 2 unspecified atom stereocenters. The maximum absolute atomic E-state index is 12.8. The summed E-state index contributed by atoms with van der Waals surface area (Å²) in [6.45, 7) is 4.42. The van der Waals surface area contributed by atoms with Crippen LogP contribution in [-0.2, 0) is 9.59 Å². The molecule has 0 spiro atoms. The summed E-state index contributed by atoms with van der Waals surface area (Å²) < 4.78 is 5.76. The number of benzene rings is 1. The predicted octanol–water partition coefficient (Wildman–Crippen LogP) is 2.05. The summed E-state index contributed by atoms with van der Waals surface area (Å²) in [4.78, 5) is 38.8. The Kier molecular flexibility index (Phi) is 7.36. The Morgan fingerprint density at radius 3 is 2.70 bits per heavy atom. The minimum absolute atomic E-state index is 0.00458. The Morgan fingerprint density at radius 2 is 2.04 bits per heavy atom. The number of likely N-dealkylation sites (tertiary alicyclic amines) is 1. The lowest BCUT2D eigenvalue weighted by atomic mass is 10.1. The zero-order valence-electron chi connectivity index (χ0n) is 16.2. The van der Waals surface area contributed by atoms with Crippen molar-refractivity contribution in [1.29, 1.82) is 0 Å². The molecule has 27 heavy (non-hydrogen) atoms. The normalized spacial score (nSPS) is 18.7. The predicted molar refractivity (Wildman–Crippen MR) is 101 cm³/mol. The molecule has 1 aliphatic rings. The summed E-state index contributed by atoms with van der Waals surface area (Å²) in [5.41, 5.74) is 0.547. The Labute approximate surface area is 159 Å². The fourth-order valence-corrected chi connectivity index (χ4v) is 3.38. The van der Waals surface area contributed by atoms with Crippen LogP contribution in [-0.4, -0.2) is 71.4 Å². The summed E-state index contributed by atoms with van der Waals surface area (Å²) in [5, 5.41) is 8.95. The van der Waals surface area contributed by atoms with Crippen LogP contribution in [0.4, 0.5) is 0 Å². The third-order valence-electron chi connectivity index (χ3n) is 4.92. The number of likely N-dealkylation sites (N-methyl/N-ethyl adjacent to an activating group) is 1. The van der Waals surface area contributed by atoms with E-state index in [9.17, 15) is 14.4 Å². The van der Waals surface area contributed by atoms with Crippen molar-refractivity contribution in [2.24, 2.45) is 0 Å². The Hall–Kier alpha value is -2.41. The summed E-state index contributed by atoms with van der Waals surface area (Å²) in [6.07, 6.45) is 1.78. The van der Waals surface area contributed by atoms with Crippen molar-refractivity contribution in [3.8, 4) is 5.75 Å². The van der Waals surface area contributed by atoms with Crippen molar-refractivity contribution in [3.63, 3.8) is 0 Å². The molecule has 0 bridgehead atoms. The second-order valence-corrected chi connectivity index (χ2v) is 7.06. The van der Waals surface area contributed by atoms with E-state index in [0.29, 0.717) is 24.4 Å². The van der Waals surface area contributed by atoms with E-state index in [2.05, 4.69) is 0 Å². The SMILES string of the molecule is CC(=O)c1cccc(OC(C)C(=O)N2CCCC(N(C)CC(=O)O)CC2)c1. The van der Waals surface area contributed by atoms with Gasteiger partial charge in [-0.2, -0.15) is 0 Å². The highest BCUT2D eigenvalue weighted by Crippen LogP contribution is 2.19. The number of ketones is 1. The lowest BCUT2D eigenvalue weighted by Gasteiger charge is -2.26. The molecule has 2 rings (SSSR count). The fourth-order valence-electron chi connectivity index (χ4n) is 3.38. The van der Waals surface area contributed by atoms with E-state index in [0.717, 1.165) is 19.3 Å². The number of carbonyl (C=O) groups is 3. The Balaban J connectivity index is 1.93. The highest BCUT2D eigenvalue weighted by atomic mass is 16.5. The first-order chi connectivity index (χ1) is 12.8. The van der Waals surface area contributed by atoms with Gasteiger partial charge < -0.3 is 14.7 Å². The van der Waals surface area contributed by atoms with Gasteiger partial charge in [-0.1, -0.05) is 12.1 Å². The van der Waals surface area contributed by atoms with E-state index >= 15 is 0 Å². The van der Waals surface area contributed by atoms with E-state index in [4.69, 9.17) is 9.84 Å². The summed E-state index contributed by atoms with van der Waals surface area (Å²) in [6, 6.07) is 6.98. The van der Waals surface area contributed by atoms with Crippen molar-refractivity contribution in [1.82, 2.24) is 9.80 Å².